The summed E-state index contributed by atoms with van der Waals surface area (Å²) in [5.41, 5.74) is 2.94. The number of piperidine rings is 1. The maximum Gasteiger partial charge on any atom is 0.0433 e. The molecule has 3 heteroatoms. The normalized spacial score (nSPS) is 22.6. The van der Waals surface area contributed by atoms with Crippen molar-refractivity contribution in [1.82, 2.24) is 0 Å². The highest BCUT2D eigenvalue weighted by atomic mass is 79.9. The van der Waals surface area contributed by atoms with Gasteiger partial charge in [0.2, 0.25) is 0 Å². The van der Waals surface area contributed by atoms with Gasteiger partial charge < -0.3 is 10.0 Å². The average molecular weight is 326 g/mol. The molecule has 1 heterocycles. The lowest BCUT2D eigenvalue weighted by Crippen LogP contribution is -2.46. The van der Waals surface area contributed by atoms with E-state index >= 15 is 0 Å². The summed E-state index contributed by atoms with van der Waals surface area (Å²) < 4.78 is 1.14. The lowest BCUT2D eigenvalue weighted by atomic mass is 9.72. The van der Waals surface area contributed by atoms with Crippen LogP contribution >= 0.6 is 15.9 Å². The first-order valence-corrected chi connectivity index (χ1v) is 7.85. The zero-order valence-corrected chi connectivity index (χ0v) is 13.7. The molecule has 2 nitrogen and oxygen atoms in total. The SMILES string of the molecule is Cc1cc(Br)ccc1N1CCC(CCO)C(C)(C)C1. The van der Waals surface area contributed by atoms with E-state index in [0.29, 0.717) is 12.5 Å². The summed E-state index contributed by atoms with van der Waals surface area (Å²) in [5.74, 6) is 0.629. The predicted molar refractivity (Wildman–Crippen MR) is 84.7 cm³/mol. The highest BCUT2D eigenvalue weighted by molar-refractivity contribution is 9.10. The molecule has 1 N–H and O–H groups in total. The molecular weight excluding hydrogens is 302 g/mol. The van der Waals surface area contributed by atoms with Gasteiger partial charge in [0.15, 0.2) is 0 Å². The number of rotatable bonds is 3. The predicted octanol–water partition coefficient (Wildman–Crippen LogP) is 3.99. The van der Waals surface area contributed by atoms with E-state index < -0.39 is 0 Å². The van der Waals surface area contributed by atoms with Crippen LogP contribution in [0.2, 0.25) is 0 Å². The number of aliphatic hydroxyl groups is 1. The first-order chi connectivity index (χ1) is 8.94. The Kier molecular flexibility index (Phi) is 4.57. The maximum absolute atomic E-state index is 9.19. The Balaban J connectivity index is 2.16. The van der Waals surface area contributed by atoms with Crippen molar-refractivity contribution < 1.29 is 5.11 Å². The monoisotopic (exact) mass is 325 g/mol. The maximum atomic E-state index is 9.19. The Bertz CT molecular complexity index is 444. The molecule has 0 radical (unpaired) electrons. The van der Waals surface area contributed by atoms with Crippen LogP contribution in [0.3, 0.4) is 0 Å². The molecule has 19 heavy (non-hydrogen) atoms. The quantitative estimate of drug-likeness (QED) is 0.908. The summed E-state index contributed by atoms with van der Waals surface area (Å²) in [6, 6.07) is 6.51. The Morgan fingerprint density at radius 2 is 2.16 bits per heavy atom. The lowest BCUT2D eigenvalue weighted by molar-refractivity contribution is 0.134. The van der Waals surface area contributed by atoms with Crippen LogP contribution in [-0.4, -0.2) is 24.8 Å². The Morgan fingerprint density at radius 3 is 2.74 bits per heavy atom. The third-order valence-corrected chi connectivity index (χ3v) is 4.92. The number of aliphatic hydroxyl groups excluding tert-OH is 1. The van der Waals surface area contributed by atoms with E-state index in [-0.39, 0.29) is 5.41 Å². The van der Waals surface area contributed by atoms with Crippen molar-refractivity contribution in [1.29, 1.82) is 0 Å². The van der Waals surface area contributed by atoms with Gasteiger partial charge in [0.1, 0.15) is 0 Å². The van der Waals surface area contributed by atoms with Crippen LogP contribution in [0.4, 0.5) is 5.69 Å². The first-order valence-electron chi connectivity index (χ1n) is 7.06. The van der Waals surface area contributed by atoms with Gasteiger partial charge in [-0.15, -0.1) is 0 Å². The molecule has 1 saturated heterocycles. The number of hydrogen-bond acceptors (Lipinski definition) is 2. The number of aryl methyl sites for hydroxylation is 1. The topological polar surface area (TPSA) is 23.5 Å². The molecule has 2 rings (SSSR count). The van der Waals surface area contributed by atoms with Gasteiger partial charge in [-0.25, -0.2) is 0 Å². The van der Waals surface area contributed by atoms with Gasteiger partial charge in [-0.3, -0.25) is 0 Å². The standard InChI is InChI=1S/C16H24BrNO/c1-12-10-14(17)4-5-15(12)18-8-6-13(7-9-19)16(2,3)11-18/h4-5,10,13,19H,6-9,11H2,1-3H3. The summed E-state index contributed by atoms with van der Waals surface area (Å²) in [5, 5.41) is 9.19. The molecular formula is C16H24BrNO. The molecule has 0 spiro atoms. The van der Waals surface area contributed by atoms with Gasteiger partial charge >= 0.3 is 0 Å². The minimum atomic E-state index is 0.264. The van der Waals surface area contributed by atoms with Crippen LogP contribution in [0.5, 0.6) is 0 Å². The Labute approximate surface area is 124 Å². The highest BCUT2D eigenvalue weighted by Gasteiger charge is 2.35. The fourth-order valence-electron chi connectivity index (χ4n) is 3.27. The van der Waals surface area contributed by atoms with Crippen molar-refractivity contribution in [3.63, 3.8) is 0 Å². The van der Waals surface area contributed by atoms with Crippen LogP contribution in [0.25, 0.3) is 0 Å². The molecule has 1 aliphatic heterocycles. The average Bonchev–Trinajstić information content (AvgIpc) is 2.31. The summed E-state index contributed by atoms with van der Waals surface area (Å²) in [6.07, 6.45) is 2.10. The third-order valence-electron chi connectivity index (χ3n) is 4.43. The van der Waals surface area contributed by atoms with Crippen molar-refractivity contribution >= 4 is 21.6 Å². The third kappa shape index (κ3) is 3.32. The van der Waals surface area contributed by atoms with Crippen LogP contribution in [0, 0.1) is 18.3 Å². The largest absolute Gasteiger partial charge is 0.396 e. The van der Waals surface area contributed by atoms with E-state index in [1.807, 2.05) is 0 Å². The minimum Gasteiger partial charge on any atom is -0.396 e. The van der Waals surface area contributed by atoms with Crippen molar-refractivity contribution in [2.45, 2.75) is 33.6 Å². The number of halogens is 1. The van der Waals surface area contributed by atoms with E-state index in [4.69, 9.17) is 0 Å². The van der Waals surface area contributed by atoms with Crippen molar-refractivity contribution in [3.05, 3.63) is 28.2 Å². The van der Waals surface area contributed by atoms with Gasteiger partial charge in [-0.2, -0.15) is 0 Å². The van der Waals surface area contributed by atoms with Crippen molar-refractivity contribution in [2.24, 2.45) is 11.3 Å². The lowest BCUT2D eigenvalue weighted by Gasteiger charge is -2.45. The molecule has 0 aliphatic carbocycles. The molecule has 1 aromatic rings. The second-order valence-corrected chi connectivity index (χ2v) is 7.25. The number of benzene rings is 1. The van der Waals surface area contributed by atoms with Crippen molar-refractivity contribution in [3.8, 4) is 0 Å². The van der Waals surface area contributed by atoms with Crippen LogP contribution in [-0.2, 0) is 0 Å². The number of anilines is 1. The molecule has 0 bridgehead atoms. The van der Waals surface area contributed by atoms with E-state index in [9.17, 15) is 5.11 Å². The Morgan fingerprint density at radius 1 is 1.42 bits per heavy atom. The van der Waals surface area contributed by atoms with E-state index in [1.54, 1.807) is 0 Å². The van der Waals surface area contributed by atoms with E-state index in [2.05, 4.69) is 59.8 Å². The molecule has 106 valence electrons. The summed E-state index contributed by atoms with van der Waals surface area (Å²) >= 11 is 3.53. The van der Waals surface area contributed by atoms with Gasteiger partial charge in [-0.1, -0.05) is 29.8 Å². The van der Waals surface area contributed by atoms with Gasteiger partial charge in [-0.05, 0) is 54.9 Å². The highest BCUT2D eigenvalue weighted by Crippen LogP contribution is 2.39. The fraction of sp³-hybridized carbons (Fsp3) is 0.625. The smallest absolute Gasteiger partial charge is 0.0433 e. The van der Waals surface area contributed by atoms with Crippen LogP contribution in [0.15, 0.2) is 22.7 Å². The number of nitrogens with zero attached hydrogens (tertiary/aromatic N) is 1. The van der Waals surface area contributed by atoms with Crippen molar-refractivity contribution in [2.75, 3.05) is 24.6 Å². The zero-order chi connectivity index (χ0) is 14.0. The second-order valence-electron chi connectivity index (χ2n) is 6.34. The molecule has 1 atom stereocenters. The fourth-order valence-corrected chi connectivity index (χ4v) is 3.75. The number of hydrogen-bond donors (Lipinski definition) is 1. The van der Waals surface area contributed by atoms with Gasteiger partial charge in [0.25, 0.3) is 0 Å². The molecule has 1 unspecified atom stereocenters. The molecule has 0 aromatic heterocycles. The molecule has 0 saturated carbocycles. The van der Waals surface area contributed by atoms with Gasteiger partial charge in [0.05, 0.1) is 0 Å². The molecule has 1 aromatic carbocycles. The van der Waals surface area contributed by atoms with Crippen LogP contribution < -0.4 is 4.90 Å². The summed E-state index contributed by atoms with van der Waals surface area (Å²) in [7, 11) is 0. The first kappa shape index (κ1) is 14.9. The van der Waals surface area contributed by atoms with Crippen LogP contribution in [0.1, 0.15) is 32.3 Å². The summed E-state index contributed by atoms with van der Waals surface area (Å²) in [6.45, 7) is 9.30. The summed E-state index contributed by atoms with van der Waals surface area (Å²) in [4.78, 5) is 2.50. The molecule has 0 amide bonds. The zero-order valence-electron chi connectivity index (χ0n) is 12.1. The minimum absolute atomic E-state index is 0.264. The van der Waals surface area contributed by atoms with Gasteiger partial charge in [0, 0.05) is 29.9 Å². The Hall–Kier alpha value is -0.540. The van der Waals surface area contributed by atoms with E-state index in [1.165, 1.54) is 17.7 Å². The van der Waals surface area contributed by atoms with E-state index in [0.717, 1.165) is 24.0 Å². The molecule has 1 aliphatic rings. The second kappa shape index (κ2) is 5.84. The molecule has 1 fully saturated rings.